The number of rotatable bonds is 8. The van der Waals surface area contributed by atoms with Gasteiger partial charge in [-0.25, -0.2) is 0 Å². The molecule has 2 aromatic carbocycles. The van der Waals surface area contributed by atoms with Gasteiger partial charge in [-0.2, -0.15) is 0 Å². The highest BCUT2D eigenvalue weighted by molar-refractivity contribution is 7.99. The minimum atomic E-state index is 0.0719. The van der Waals surface area contributed by atoms with Gasteiger partial charge in [0.2, 0.25) is 0 Å². The average molecular weight is 407 g/mol. The molecule has 0 atom stereocenters. The fraction of sp³-hybridized carbons (Fsp3) is 0.227. The van der Waals surface area contributed by atoms with Gasteiger partial charge in [-0.1, -0.05) is 48.2 Å². The Labute approximate surface area is 173 Å². The Bertz CT molecular complexity index is 1130. The van der Waals surface area contributed by atoms with Gasteiger partial charge < -0.3 is 9.30 Å². The number of Topliss-reactive ketones (excluding diaryl/α,β-unsaturated/α-hetero) is 1. The zero-order valence-corrected chi connectivity index (χ0v) is 17.2. The number of aromatic nitrogens is 4. The first-order valence-electron chi connectivity index (χ1n) is 9.39. The minimum Gasteiger partial charge on any atom is -0.383 e. The van der Waals surface area contributed by atoms with Crippen LogP contribution in [0.5, 0.6) is 0 Å². The van der Waals surface area contributed by atoms with Crippen molar-refractivity contribution in [1.29, 1.82) is 0 Å². The summed E-state index contributed by atoms with van der Waals surface area (Å²) >= 11 is 1.41. The van der Waals surface area contributed by atoms with Crippen LogP contribution in [-0.2, 0) is 11.3 Å². The topological polar surface area (TPSA) is 61.9 Å². The Morgan fingerprint density at radius 2 is 1.83 bits per heavy atom. The highest BCUT2D eigenvalue weighted by atomic mass is 32.2. The zero-order chi connectivity index (χ0) is 20.2. The van der Waals surface area contributed by atoms with E-state index < -0.39 is 0 Å². The van der Waals surface area contributed by atoms with Gasteiger partial charge in [0.15, 0.2) is 10.9 Å². The highest BCUT2D eigenvalue weighted by Crippen LogP contribution is 2.26. The van der Waals surface area contributed by atoms with E-state index in [1.54, 1.807) is 7.11 Å². The number of methoxy groups -OCH3 is 1. The molecule has 4 aromatic rings. The molecule has 7 heteroatoms. The number of fused-ring (bicyclic) bond motifs is 1. The molecule has 0 saturated heterocycles. The Morgan fingerprint density at radius 3 is 2.62 bits per heavy atom. The Balaban J connectivity index is 1.57. The van der Waals surface area contributed by atoms with Gasteiger partial charge in [-0.3, -0.25) is 9.36 Å². The summed E-state index contributed by atoms with van der Waals surface area (Å²) in [4.78, 5) is 13.1. The van der Waals surface area contributed by atoms with E-state index >= 15 is 0 Å². The van der Waals surface area contributed by atoms with E-state index in [4.69, 9.17) is 4.74 Å². The number of para-hydroxylation sites is 2. The SMILES string of the molecule is COCCn1cc(C(=O)CSc2nnc(C)n2-c2ccccc2)c2ccccc21. The molecule has 0 radical (unpaired) electrons. The van der Waals surface area contributed by atoms with Gasteiger partial charge in [-0.15, -0.1) is 10.2 Å². The van der Waals surface area contributed by atoms with Crippen LogP contribution in [0, 0.1) is 6.92 Å². The second-order valence-corrected chi connectivity index (χ2v) is 7.60. The lowest BCUT2D eigenvalue weighted by molar-refractivity contribution is 0.102. The van der Waals surface area contributed by atoms with Crippen molar-refractivity contribution in [2.45, 2.75) is 18.6 Å². The van der Waals surface area contributed by atoms with Crippen LogP contribution >= 0.6 is 11.8 Å². The van der Waals surface area contributed by atoms with Crippen molar-refractivity contribution in [3.63, 3.8) is 0 Å². The van der Waals surface area contributed by atoms with E-state index in [1.165, 1.54) is 11.8 Å². The standard InChI is InChI=1S/C22H22N4O2S/c1-16-23-24-22(26(16)17-8-4-3-5-9-17)29-15-21(27)19-14-25(12-13-28-2)20-11-7-6-10-18(19)20/h3-11,14H,12-13,15H2,1-2H3. The molecule has 0 spiro atoms. The van der Waals surface area contributed by atoms with Gasteiger partial charge in [-0.05, 0) is 25.1 Å². The number of ether oxygens (including phenoxy) is 1. The third kappa shape index (κ3) is 3.97. The molecule has 4 rings (SSSR count). The van der Waals surface area contributed by atoms with Gasteiger partial charge in [0.1, 0.15) is 5.82 Å². The number of carbonyl (C=O) groups is 1. The molecular formula is C22H22N4O2S. The van der Waals surface area contributed by atoms with Crippen molar-refractivity contribution in [3.8, 4) is 5.69 Å². The zero-order valence-electron chi connectivity index (χ0n) is 16.4. The number of nitrogens with zero attached hydrogens (tertiary/aromatic N) is 4. The third-order valence-corrected chi connectivity index (χ3v) is 5.70. The molecule has 0 aliphatic heterocycles. The van der Waals surface area contributed by atoms with E-state index in [2.05, 4.69) is 14.8 Å². The Hall–Kier alpha value is -2.90. The molecule has 0 saturated carbocycles. The van der Waals surface area contributed by atoms with Crippen LogP contribution in [0.4, 0.5) is 0 Å². The van der Waals surface area contributed by atoms with Crippen molar-refractivity contribution >= 4 is 28.4 Å². The molecule has 0 unspecified atom stereocenters. The van der Waals surface area contributed by atoms with Crippen LogP contribution in [-0.4, -0.2) is 44.6 Å². The molecule has 0 aliphatic carbocycles. The molecule has 29 heavy (non-hydrogen) atoms. The van der Waals surface area contributed by atoms with Crippen molar-refractivity contribution in [2.24, 2.45) is 0 Å². The summed E-state index contributed by atoms with van der Waals surface area (Å²) in [5.41, 5.74) is 2.76. The first kappa shape index (κ1) is 19.4. The Kier molecular flexibility index (Phi) is 5.78. The average Bonchev–Trinajstić information content (AvgIpc) is 3.31. The summed E-state index contributed by atoms with van der Waals surface area (Å²) in [5.74, 6) is 1.16. The fourth-order valence-corrected chi connectivity index (χ4v) is 4.24. The number of thioether (sulfide) groups is 1. The fourth-order valence-electron chi connectivity index (χ4n) is 3.36. The largest absolute Gasteiger partial charge is 0.383 e. The van der Waals surface area contributed by atoms with Crippen molar-refractivity contribution in [2.75, 3.05) is 19.5 Å². The molecule has 0 N–H and O–H groups in total. The van der Waals surface area contributed by atoms with Crippen molar-refractivity contribution < 1.29 is 9.53 Å². The summed E-state index contributed by atoms with van der Waals surface area (Å²) in [6, 6.07) is 17.9. The molecular weight excluding hydrogens is 384 g/mol. The number of aryl methyl sites for hydroxylation is 1. The maximum absolute atomic E-state index is 13.1. The number of hydrogen-bond acceptors (Lipinski definition) is 5. The second kappa shape index (κ2) is 8.63. The normalized spacial score (nSPS) is 11.2. The predicted octanol–water partition coefficient (Wildman–Crippen LogP) is 4.15. The van der Waals surface area contributed by atoms with E-state index in [0.29, 0.717) is 24.1 Å². The monoisotopic (exact) mass is 406 g/mol. The van der Waals surface area contributed by atoms with Crippen LogP contribution in [0.2, 0.25) is 0 Å². The van der Waals surface area contributed by atoms with Crippen LogP contribution < -0.4 is 0 Å². The van der Waals surface area contributed by atoms with Gasteiger partial charge >= 0.3 is 0 Å². The number of hydrogen-bond donors (Lipinski definition) is 0. The minimum absolute atomic E-state index is 0.0719. The van der Waals surface area contributed by atoms with Crippen LogP contribution in [0.15, 0.2) is 66.0 Å². The second-order valence-electron chi connectivity index (χ2n) is 6.66. The molecule has 2 aromatic heterocycles. The van der Waals surface area contributed by atoms with Crippen LogP contribution in [0.3, 0.4) is 0 Å². The van der Waals surface area contributed by atoms with Gasteiger partial charge in [0, 0.05) is 42.0 Å². The summed E-state index contributed by atoms with van der Waals surface area (Å²) in [5, 5.41) is 10.1. The maximum Gasteiger partial charge on any atom is 0.196 e. The number of carbonyl (C=O) groups excluding carboxylic acids is 1. The molecule has 0 aliphatic rings. The highest BCUT2D eigenvalue weighted by Gasteiger charge is 2.18. The van der Waals surface area contributed by atoms with E-state index in [1.807, 2.05) is 72.3 Å². The lowest BCUT2D eigenvalue weighted by atomic mass is 10.1. The smallest absolute Gasteiger partial charge is 0.196 e. The number of ketones is 1. The molecule has 2 heterocycles. The Morgan fingerprint density at radius 1 is 1.07 bits per heavy atom. The first-order chi connectivity index (χ1) is 14.2. The molecule has 6 nitrogen and oxygen atoms in total. The van der Waals surface area contributed by atoms with E-state index in [-0.39, 0.29) is 5.78 Å². The van der Waals surface area contributed by atoms with E-state index in [9.17, 15) is 4.79 Å². The van der Waals surface area contributed by atoms with Crippen LogP contribution in [0.25, 0.3) is 16.6 Å². The van der Waals surface area contributed by atoms with Gasteiger partial charge in [0.05, 0.1) is 12.4 Å². The molecule has 0 amide bonds. The third-order valence-electron chi connectivity index (χ3n) is 4.77. The van der Waals surface area contributed by atoms with Crippen LogP contribution in [0.1, 0.15) is 16.2 Å². The van der Waals surface area contributed by atoms with Crippen molar-refractivity contribution in [1.82, 2.24) is 19.3 Å². The maximum atomic E-state index is 13.1. The van der Waals surface area contributed by atoms with Crippen molar-refractivity contribution in [3.05, 3.63) is 72.2 Å². The van der Waals surface area contributed by atoms with Gasteiger partial charge in [0.25, 0.3) is 0 Å². The summed E-state index contributed by atoms with van der Waals surface area (Å²) in [6.45, 7) is 3.22. The molecule has 0 fully saturated rings. The predicted molar refractivity (Wildman–Crippen MR) is 115 cm³/mol. The summed E-state index contributed by atoms with van der Waals surface area (Å²) in [7, 11) is 1.68. The molecule has 148 valence electrons. The lowest BCUT2D eigenvalue weighted by Crippen LogP contribution is -2.05. The number of benzene rings is 2. The lowest BCUT2D eigenvalue weighted by Gasteiger charge is -2.07. The molecule has 0 bridgehead atoms. The summed E-state index contributed by atoms with van der Waals surface area (Å²) in [6.07, 6.45) is 1.93. The van der Waals surface area contributed by atoms with E-state index in [0.717, 1.165) is 28.0 Å². The quantitative estimate of drug-likeness (QED) is 0.325. The summed E-state index contributed by atoms with van der Waals surface area (Å²) < 4.78 is 9.25. The first-order valence-corrected chi connectivity index (χ1v) is 10.4.